The number of nitrogens with zero attached hydrogens (tertiary/aromatic N) is 5. The van der Waals surface area contributed by atoms with Gasteiger partial charge in [0.1, 0.15) is 17.2 Å². The number of rotatable bonds is 3. The van der Waals surface area contributed by atoms with Gasteiger partial charge in [0.05, 0.1) is 0 Å². The van der Waals surface area contributed by atoms with E-state index in [0.717, 1.165) is 37.4 Å². The van der Waals surface area contributed by atoms with Crippen LogP contribution in [0.4, 0.5) is 0 Å². The van der Waals surface area contributed by atoms with Crippen LogP contribution in [0.5, 0.6) is 0 Å². The van der Waals surface area contributed by atoms with E-state index in [2.05, 4.69) is 14.5 Å². The molecule has 0 aromatic carbocycles. The summed E-state index contributed by atoms with van der Waals surface area (Å²) in [6.07, 6.45) is 9.48. The Morgan fingerprint density at radius 1 is 1.30 bits per heavy atom. The SMILES string of the molecule is CN(C[C@H]1CCc2nccn2C1)C(=O)c1cccc2nccn12. The molecule has 118 valence electrons. The summed E-state index contributed by atoms with van der Waals surface area (Å²) in [5.74, 6) is 1.65. The number of amides is 1. The summed E-state index contributed by atoms with van der Waals surface area (Å²) in [7, 11) is 1.88. The summed E-state index contributed by atoms with van der Waals surface area (Å²) in [6, 6.07) is 5.63. The maximum Gasteiger partial charge on any atom is 0.270 e. The highest BCUT2D eigenvalue weighted by Gasteiger charge is 2.23. The van der Waals surface area contributed by atoms with Crippen molar-refractivity contribution in [1.82, 2.24) is 23.8 Å². The van der Waals surface area contributed by atoms with Crippen LogP contribution in [0, 0.1) is 5.92 Å². The molecule has 0 unspecified atom stereocenters. The Kier molecular flexibility index (Phi) is 3.37. The molecule has 1 amide bonds. The van der Waals surface area contributed by atoms with E-state index in [-0.39, 0.29) is 5.91 Å². The number of hydrogen-bond acceptors (Lipinski definition) is 3. The van der Waals surface area contributed by atoms with Gasteiger partial charge >= 0.3 is 0 Å². The number of aryl methyl sites for hydroxylation is 1. The van der Waals surface area contributed by atoms with Crippen LogP contribution in [0.15, 0.2) is 43.0 Å². The molecule has 0 saturated carbocycles. The molecule has 6 nitrogen and oxygen atoms in total. The molecule has 1 aliphatic heterocycles. The largest absolute Gasteiger partial charge is 0.340 e. The van der Waals surface area contributed by atoms with Crippen molar-refractivity contribution in [1.29, 1.82) is 0 Å². The van der Waals surface area contributed by atoms with Gasteiger partial charge in [-0.1, -0.05) is 6.07 Å². The molecule has 0 fully saturated rings. The standard InChI is InChI=1S/C17H19N5O/c1-20(11-13-5-6-15-18-7-9-21(15)12-13)17(23)14-3-2-4-16-19-8-10-22(14)16/h2-4,7-10,13H,5-6,11-12H2,1H3/t13-/m1/s1. The van der Waals surface area contributed by atoms with Crippen molar-refractivity contribution in [3.05, 3.63) is 54.5 Å². The summed E-state index contributed by atoms with van der Waals surface area (Å²) >= 11 is 0. The molecule has 4 heterocycles. The summed E-state index contributed by atoms with van der Waals surface area (Å²) in [4.78, 5) is 23.2. The molecule has 0 bridgehead atoms. The van der Waals surface area contributed by atoms with Crippen LogP contribution in [0.1, 0.15) is 22.7 Å². The number of carbonyl (C=O) groups excluding carboxylic acids is 1. The van der Waals surface area contributed by atoms with Crippen molar-refractivity contribution in [3.63, 3.8) is 0 Å². The molecule has 0 saturated heterocycles. The monoisotopic (exact) mass is 309 g/mol. The predicted molar refractivity (Wildman–Crippen MR) is 86.2 cm³/mol. The lowest BCUT2D eigenvalue weighted by Crippen LogP contribution is -2.36. The Morgan fingerprint density at radius 3 is 3.09 bits per heavy atom. The van der Waals surface area contributed by atoms with E-state index in [9.17, 15) is 4.79 Å². The van der Waals surface area contributed by atoms with Crippen molar-refractivity contribution < 1.29 is 4.79 Å². The first kappa shape index (κ1) is 14.0. The maximum absolute atomic E-state index is 12.8. The van der Waals surface area contributed by atoms with Gasteiger partial charge in [0.2, 0.25) is 0 Å². The van der Waals surface area contributed by atoms with E-state index in [4.69, 9.17) is 0 Å². The van der Waals surface area contributed by atoms with E-state index in [1.165, 1.54) is 0 Å². The number of carbonyl (C=O) groups is 1. The molecule has 3 aromatic heterocycles. The second-order valence-corrected chi connectivity index (χ2v) is 6.15. The van der Waals surface area contributed by atoms with Crippen LogP contribution >= 0.6 is 0 Å². The fourth-order valence-corrected chi connectivity index (χ4v) is 3.37. The minimum atomic E-state index is 0.0324. The fourth-order valence-electron chi connectivity index (χ4n) is 3.37. The van der Waals surface area contributed by atoms with Gasteiger partial charge in [-0.05, 0) is 24.5 Å². The highest BCUT2D eigenvalue weighted by Crippen LogP contribution is 2.20. The van der Waals surface area contributed by atoms with Crippen LogP contribution in [-0.2, 0) is 13.0 Å². The number of fused-ring (bicyclic) bond motifs is 2. The zero-order valence-electron chi connectivity index (χ0n) is 13.1. The molecule has 4 rings (SSSR count). The zero-order valence-corrected chi connectivity index (χ0v) is 13.1. The Bertz CT molecular complexity index is 849. The van der Waals surface area contributed by atoms with Crippen molar-refractivity contribution in [2.45, 2.75) is 19.4 Å². The van der Waals surface area contributed by atoms with Crippen LogP contribution < -0.4 is 0 Å². The Labute approximate surface area is 134 Å². The average Bonchev–Trinajstić information content (AvgIpc) is 3.21. The molecule has 6 heteroatoms. The second-order valence-electron chi connectivity index (χ2n) is 6.15. The smallest absolute Gasteiger partial charge is 0.270 e. The van der Waals surface area contributed by atoms with Crippen molar-refractivity contribution in [2.75, 3.05) is 13.6 Å². The second kappa shape index (κ2) is 5.53. The van der Waals surface area contributed by atoms with Gasteiger partial charge in [-0.25, -0.2) is 9.97 Å². The molecular weight excluding hydrogens is 290 g/mol. The molecule has 1 aliphatic rings. The van der Waals surface area contributed by atoms with Gasteiger partial charge in [0.15, 0.2) is 0 Å². The highest BCUT2D eigenvalue weighted by molar-refractivity contribution is 5.93. The summed E-state index contributed by atoms with van der Waals surface area (Å²) in [6.45, 7) is 1.68. The van der Waals surface area contributed by atoms with Crippen LogP contribution in [0.25, 0.3) is 5.65 Å². The van der Waals surface area contributed by atoms with E-state index in [0.29, 0.717) is 11.6 Å². The van der Waals surface area contributed by atoms with E-state index in [1.54, 1.807) is 6.20 Å². The van der Waals surface area contributed by atoms with Gasteiger partial charge in [-0.15, -0.1) is 0 Å². The van der Waals surface area contributed by atoms with Gasteiger partial charge < -0.3 is 9.47 Å². The third-order valence-electron chi connectivity index (χ3n) is 4.56. The minimum Gasteiger partial charge on any atom is -0.340 e. The third-order valence-corrected chi connectivity index (χ3v) is 4.56. The van der Waals surface area contributed by atoms with E-state index in [1.807, 2.05) is 53.1 Å². The van der Waals surface area contributed by atoms with Crippen molar-refractivity contribution >= 4 is 11.6 Å². The predicted octanol–water partition coefficient (Wildman–Crippen LogP) is 1.87. The summed E-state index contributed by atoms with van der Waals surface area (Å²) < 4.78 is 4.04. The molecule has 3 aromatic rings. The molecule has 0 spiro atoms. The van der Waals surface area contributed by atoms with E-state index >= 15 is 0 Å². The quantitative estimate of drug-likeness (QED) is 0.742. The number of hydrogen-bond donors (Lipinski definition) is 0. The first-order chi connectivity index (χ1) is 11.2. The van der Waals surface area contributed by atoms with Gasteiger partial charge in [0.25, 0.3) is 5.91 Å². The highest BCUT2D eigenvalue weighted by atomic mass is 16.2. The number of pyridine rings is 1. The Balaban J connectivity index is 1.50. The summed E-state index contributed by atoms with van der Waals surface area (Å²) in [5, 5.41) is 0. The minimum absolute atomic E-state index is 0.0324. The summed E-state index contributed by atoms with van der Waals surface area (Å²) in [5.41, 5.74) is 1.45. The lowest BCUT2D eigenvalue weighted by molar-refractivity contribution is 0.0753. The first-order valence-electron chi connectivity index (χ1n) is 7.90. The van der Waals surface area contributed by atoms with Crippen molar-refractivity contribution in [3.8, 4) is 0 Å². The first-order valence-corrected chi connectivity index (χ1v) is 7.90. The number of imidazole rings is 2. The van der Waals surface area contributed by atoms with Crippen LogP contribution in [0.2, 0.25) is 0 Å². The topological polar surface area (TPSA) is 55.4 Å². The van der Waals surface area contributed by atoms with E-state index < -0.39 is 0 Å². The molecule has 0 N–H and O–H groups in total. The van der Waals surface area contributed by atoms with Gasteiger partial charge in [-0.2, -0.15) is 0 Å². The zero-order chi connectivity index (χ0) is 15.8. The van der Waals surface area contributed by atoms with Crippen LogP contribution in [-0.4, -0.2) is 43.3 Å². The average molecular weight is 309 g/mol. The lowest BCUT2D eigenvalue weighted by atomic mass is 9.99. The molecule has 0 aliphatic carbocycles. The van der Waals surface area contributed by atoms with Crippen molar-refractivity contribution in [2.24, 2.45) is 5.92 Å². The fraction of sp³-hybridized carbons (Fsp3) is 0.353. The number of aromatic nitrogens is 4. The third kappa shape index (κ3) is 2.50. The molecule has 23 heavy (non-hydrogen) atoms. The maximum atomic E-state index is 12.8. The Morgan fingerprint density at radius 2 is 2.17 bits per heavy atom. The molecule has 0 radical (unpaired) electrons. The van der Waals surface area contributed by atoms with Gasteiger partial charge in [-0.3, -0.25) is 9.20 Å². The van der Waals surface area contributed by atoms with Gasteiger partial charge in [0, 0.05) is 51.3 Å². The lowest BCUT2D eigenvalue weighted by Gasteiger charge is -2.28. The Hall–Kier alpha value is -2.63. The normalized spacial score (nSPS) is 17.2. The van der Waals surface area contributed by atoms with Crippen LogP contribution in [0.3, 0.4) is 0 Å². The molecular formula is C17H19N5O. The molecule has 1 atom stereocenters.